The van der Waals surface area contributed by atoms with Crippen LogP contribution in [-0.2, 0) is 33.3 Å². The first-order valence-corrected chi connectivity index (χ1v) is 27.9. The summed E-state index contributed by atoms with van der Waals surface area (Å²) in [6.45, 7) is 10.5. The monoisotopic (exact) mass is 1070 g/mol. The van der Waals surface area contributed by atoms with Crippen molar-refractivity contribution in [2.75, 3.05) is 64.9 Å². The fourth-order valence-electron chi connectivity index (χ4n) is 8.65. The molecule has 15 nitrogen and oxygen atoms in total. The molecule has 4 aromatic carbocycles. The third-order valence-corrected chi connectivity index (χ3v) is 14.0. The fourth-order valence-corrected chi connectivity index (χ4v) is 9.60. The number of ether oxygens (including phenoxy) is 8. The Bertz CT molecular complexity index is 2590. The number of aromatic nitrogens is 1. The van der Waals surface area contributed by atoms with Crippen molar-refractivity contribution in [1.82, 2.24) is 4.98 Å². The number of hydrazone groups is 1. The number of para-hydroxylation sites is 1. The minimum Gasteiger partial charge on any atom is -0.494 e. The van der Waals surface area contributed by atoms with Crippen LogP contribution in [0, 0.1) is 0 Å². The molecule has 1 heterocycles. The predicted molar refractivity (Wildman–Crippen MR) is 301 cm³/mol. The molecule has 1 aliphatic rings. The number of benzene rings is 4. The summed E-state index contributed by atoms with van der Waals surface area (Å²) >= 11 is 1.53. The highest BCUT2D eigenvalue weighted by Gasteiger charge is 2.27. The molecule has 16 heteroatoms. The number of anilines is 1. The first-order chi connectivity index (χ1) is 37.7. The molecule has 0 unspecified atom stereocenters. The summed E-state index contributed by atoms with van der Waals surface area (Å²) in [5, 5.41) is 7.46. The van der Waals surface area contributed by atoms with Crippen molar-refractivity contribution in [3.05, 3.63) is 139 Å². The van der Waals surface area contributed by atoms with Crippen molar-refractivity contribution in [1.29, 1.82) is 0 Å². The number of rotatable bonds is 36. The first-order valence-electron chi connectivity index (χ1n) is 27.1. The van der Waals surface area contributed by atoms with E-state index in [9.17, 15) is 19.2 Å². The largest absolute Gasteiger partial charge is 0.494 e. The van der Waals surface area contributed by atoms with Crippen LogP contribution < -0.4 is 19.2 Å². The number of nitrogens with zero attached hydrogens (tertiary/aromatic N) is 3. The van der Waals surface area contributed by atoms with Crippen LogP contribution in [0.2, 0.25) is 0 Å². The van der Waals surface area contributed by atoms with E-state index in [1.165, 1.54) is 23.5 Å². The number of thiazole rings is 1. The summed E-state index contributed by atoms with van der Waals surface area (Å²) in [7, 11) is 1.64. The van der Waals surface area contributed by atoms with Gasteiger partial charge in [-0.1, -0.05) is 94.1 Å². The molecule has 1 fully saturated rings. The van der Waals surface area contributed by atoms with E-state index in [1.54, 1.807) is 49.7 Å². The quantitative estimate of drug-likeness (QED) is 0.00706. The Morgan fingerprint density at radius 3 is 1.77 bits per heavy atom. The zero-order valence-electron chi connectivity index (χ0n) is 44.6. The fraction of sp³-hybridized carbons (Fsp3) is 0.443. The van der Waals surface area contributed by atoms with Crippen molar-refractivity contribution < 1.29 is 57.1 Å². The van der Waals surface area contributed by atoms with Crippen molar-refractivity contribution in [3.63, 3.8) is 0 Å². The second kappa shape index (κ2) is 34.0. The molecule has 0 radical (unpaired) electrons. The standard InChI is InChI=1S/C61H75N3O12S/c1-4-57(65)73-39-18-12-8-6-10-16-37-71-51-29-24-47(25-30-51)59(67)75-53-33-22-46(23-34-53)49-28-35-55(50(44-49)45-62-64(36-41-70-43-42-69-3)61-63-54-20-14-15-21-56(54)77-61)76-60(68)48-26-31-52(32-27-48)72-38-17-11-7-9-13-19-40-74-58(66)5-2/h4-5,14-15,20-21,24-32,35,44-46,53H,1-2,6-13,16-19,22-23,33-34,36-43H2,3H3/b62-45+. The third-order valence-electron chi connectivity index (χ3n) is 13.0. The van der Waals surface area contributed by atoms with Crippen molar-refractivity contribution in [2.45, 2.75) is 115 Å². The number of fused-ring (bicyclic) bond motifs is 1. The summed E-state index contributed by atoms with van der Waals surface area (Å²) in [5.74, 6) is 0.281. The van der Waals surface area contributed by atoms with E-state index in [0.29, 0.717) is 105 Å². The van der Waals surface area contributed by atoms with Crippen LogP contribution in [0.4, 0.5) is 5.13 Å². The lowest BCUT2D eigenvalue weighted by Gasteiger charge is -2.29. The number of methoxy groups -OCH3 is 1. The highest BCUT2D eigenvalue weighted by Crippen LogP contribution is 2.37. The Morgan fingerprint density at radius 2 is 1.19 bits per heavy atom. The van der Waals surface area contributed by atoms with E-state index in [0.717, 1.165) is 106 Å². The molecule has 1 aliphatic carbocycles. The number of hydrogen-bond acceptors (Lipinski definition) is 16. The SMILES string of the molecule is C=CC(=O)OCCCCCCCCOc1ccc(C(=O)Oc2ccc(C3CCC(OC(=O)c4ccc(OCCCCCCCCOC(=O)C=C)cc4)CC3)cc2/C=N/N(CCOCCOC)c2nc3ccccc3s2)cc1. The smallest absolute Gasteiger partial charge is 0.343 e. The maximum atomic E-state index is 13.8. The van der Waals surface area contributed by atoms with Gasteiger partial charge in [-0.3, -0.25) is 0 Å². The van der Waals surface area contributed by atoms with E-state index >= 15 is 0 Å². The zero-order valence-corrected chi connectivity index (χ0v) is 45.4. The minimum atomic E-state index is -0.515. The van der Waals surface area contributed by atoms with Crippen LogP contribution in [0.25, 0.3) is 10.2 Å². The van der Waals surface area contributed by atoms with E-state index < -0.39 is 5.97 Å². The first kappa shape index (κ1) is 59.4. The third kappa shape index (κ3) is 21.2. The molecule has 0 bridgehead atoms. The van der Waals surface area contributed by atoms with Crippen LogP contribution in [0.5, 0.6) is 17.2 Å². The van der Waals surface area contributed by atoms with Gasteiger partial charge in [0.1, 0.15) is 23.4 Å². The van der Waals surface area contributed by atoms with Gasteiger partial charge in [-0.05, 0) is 136 Å². The molecule has 0 spiro atoms. The topological polar surface area (TPSA) is 171 Å². The van der Waals surface area contributed by atoms with Gasteiger partial charge < -0.3 is 37.9 Å². The zero-order chi connectivity index (χ0) is 54.3. The summed E-state index contributed by atoms with van der Waals surface area (Å²) in [6, 6.07) is 27.9. The molecular weight excluding hydrogens is 999 g/mol. The van der Waals surface area contributed by atoms with Gasteiger partial charge in [0.2, 0.25) is 5.13 Å². The van der Waals surface area contributed by atoms with Crippen molar-refractivity contribution >= 4 is 56.8 Å². The molecule has 77 heavy (non-hydrogen) atoms. The average Bonchev–Trinajstić information content (AvgIpc) is 3.90. The number of esters is 4. The van der Waals surface area contributed by atoms with Gasteiger partial charge in [-0.2, -0.15) is 5.10 Å². The van der Waals surface area contributed by atoms with Gasteiger partial charge in [-0.15, -0.1) is 0 Å². The lowest BCUT2D eigenvalue weighted by Crippen LogP contribution is -2.24. The van der Waals surface area contributed by atoms with E-state index in [2.05, 4.69) is 13.2 Å². The second-order valence-electron chi connectivity index (χ2n) is 18.7. The highest BCUT2D eigenvalue weighted by atomic mass is 32.1. The van der Waals surface area contributed by atoms with Gasteiger partial charge in [0.25, 0.3) is 0 Å². The predicted octanol–water partition coefficient (Wildman–Crippen LogP) is 12.8. The highest BCUT2D eigenvalue weighted by molar-refractivity contribution is 7.22. The summed E-state index contributed by atoms with van der Waals surface area (Å²) in [4.78, 5) is 54.2. The van der Waals surface area contributed by atoms with Crippen molar-refractivity contribution in [2.24, 2.45) is 5.10 Å². The Hall–Kier alpha value is -6.88. The number of carbonyl (C=O) groups excluding carboxylic acids is 4. The summed E-state index contributed by atoms with van der Waals surface area (Å²) < 4.78 is 46.1. The lowest BCUT2D eigenvalue weighted by atomic mass is 9.82. The van der Waals surface area contributed by atoms with Gasteiger partial charge in [0.15, 0.2) is 0 Å². The molecule has 1 aromatic heterocycles. The maximum Gasteiger partial charge on any atom is 0.343 e. The number of hydrogen-bond donors (Lipinski definition) is 0. The van der Waals surface area contributed by atoms with Crippen molar-refractivity contribution in [3.8, 4) is 17.2 Å². The van der Waals surface area contributed by atoms with Crippen LogP contribution >= 0.6 is 11.3 Å². The van der Waals surface area contributed by atoms with Crippen LogP contribution in [0.15, 0.2) is 121 Å². The Balaban J connectivity index is 1.03. The normalized spacial score (nSPS) is 14.2. The summed E-state index contributed by atoms with van der Waals surface area (Å²) in [6.07, 6.45) is 18.7. The Labute approximate surface area is 457 Å². The van der Waals surface area contributed by atoms with Crippen LogP contribution in [0.3, 0.4) is 0 Å². The number of carbonyl (C=O) groups is 4. The second-order valence-corrected chi connectivity index (χ2v) is 19.7. The molecule has 0 atom stereocenters. The molecule has 0 saturated heterocycles. The van der Waals surface area contributed by atoms with E-state index in [-0.39, 0.29) is 29.9 Å². The molecule has 0 amide bonds. The molecule has 1 saturated carbocycles. The maximum absolute atomic E-state index is 13.8. The van der Waals surface area contributed by atoms with Gasteiger partial charge in [-0.25, -0.2) is 29.2 Å². The lowest BCUT2D eigenvalue weighted by molar-refractivity contribution is -0.138. The van der Waals surface area contributed by atoms with Crippen LogP contribution in [-0.4, -0.2) is 101 Å². The van der Waals surface area contributed by atoms with Gasteiger partial charge in [0.05, 0.1) is 80.4 Å². The van der Waals surface area contributed by atoms with Gasteiger partial charge >= 0.3 is 23.9 Å². The molecule has 5 aromatic rings. The average molecular weight is 1070 g/mol. The van der Waals surface area contributed by atoms with E-state index in [1.807, 2.05) is 59.6 Å². The molecule has 0 aliphatic heterocycles. The number of unbranched alkanes of at least 4 members (excludes halogenated alkanes) is 10. The Kier molecular flexibility index (Phi) is 26.2. The van der Waals surface area contributed by atoms with Gasteiger partial charge in [0, 0.05) is 24.8 Å². The van der Waals surface area contributed by atoms with Crippen LogP contribution in [0.1, 0.15) is 140 Å². The summed E-state index contributed by atoms with van der Waals surface area (Å²) in [5.41, 5.74) is 3.42. The van der Waals surface area contributed by atoms with E-state index in [4.69, 9.17) is 48.0 Å². The molecule has 0 N–H and O–H groups in total. The molecule has 412 valence electrons. The minimum absolute atomic E-state index is 0.176. The molecular formula is C61H75N3O12S. The Morgan fingerprint density at radius 1 is 0.636 bits per heavy atom. The molecule has 6 rings (SSSR count).